The van der Waals surface area contributed by atoms with Crippen LogP contribution in [0.2, 0.25) is 5.02 Å². The molecule has 0 N–H and O–H groups in total. The lowest BCUT2D eigenvalue weighted by atomic mass is 10.1. The van der Waals surface area contributed by atoms with E-state index in [0.29, 0.717) is 0 Å². The largest absolute Gasteiger partial charge is 0.360 e. The van der Waals surface area contributed by atoms with Crippen LogP contribution in [0.3, 0.4) is 0 Å². The van der Waals surface area contributed by atoms with Gasteiger partial charge in [-0.2, -0.15) is 0 Å². The zero-order chi connectivity index (χ0) is 8.55. The van der Waals surface area contributed by atoms with E-state index in [1.54, 1.807) is 0 Å². The van der Waals surface area contributed by atoms with E-state index in [2.05, 4.69) is 6.58 Å². The van der Waals surface area contributed by atoms with Gasteiger partial charge in [0.15, 0.2) is 0 Å². The second-order valence-corrected chi connectivity index (χ2v) is 3.24. The van der Waals surface area contributed by atoms with Crippen LogP contribution in [0.15, 0.2) is 36.9 Å². The minimum atomic E-state index is 0.200. The molecule has 12 heavy (non-hydrogen) atoms. The van der Waals surface area contributed by atoms with Crippen molar-refractivity contribution in [1.29, 1.82) is 0 Å². The van der Waals surface area contributed by atoms with E-state index in [1.807, 2.05) is 30.3 Å². The van der Waals surface area contributed by atoms with Crippen LogP contribution >= 0.6 is 11.6 Å². The Bertz CT molecular complexity index is 291. The summed E-state index contributed by atoms with van der Waals surface area (Å²) in [5.41, 5.74) is 1.17. The van der Waals surface area contributed by atoms with Crippen molar-refractivity contribution < 1.29 is 4.74 Å². The maximum absolute atomic E-state index is 5.75. The minimum Gasteiger partial charge on any atom is -0.360 e. The molecule has 1 heterocycles. The molecule has 1 aliphatic heterocycles. The number of hydrogen-bond donors (Lipinski definition) is 0. The summed E-state index contributed by atoms with van der Waals surface area (Å²) < 4.78 is 5.33. The normalized spacial score (nSPS) is 26.8. The van der Waals surface area contributed by atoms with E-state index >= 15 is 0 Å². The summed E-state index contributed by atoms with van der Waals surface area (Å²) in [5, 5.41) is 0.759. The molecule has 0 spiro atoms. The van der Waals surface area contributed by atoms with Gasteiger partial charge in [0, 0.05) is 5.02 Å². The van der Waals surface area contributed by atoms with Crippen LogP contribution in [0.5, 0.6) is 0 Å². The van der Waals surface area contributed by atoms with Gasteiger partial charge in [-0.1, -0.05) is 29.8 Å². The lowest BCUT2D eigenvalue weighted by Crippen LogP contribution is -1.82. The zero-order valence-electron chi connectivity index (χ0n) is 6.53. The van der Waals surface area contributed by atoms with Gasteiger partial charge in [-0.25, -0.2) is 0 Å². The molecular formula is C10H9ClO. The maximum atomic E-state index is 5.75. The molecule has 2 heteroatoms. The molecule has 0 bridgehead atoms. The molecule has 1 aromatic rings. The Morgan fingerprint density at radius 2 is 2.00 bits per heavy atom. The second-order valence-electron chi connectivity index (χ2n) is 2.81. The third kappa shape index (κ3) is 1.38. The van der Waals surface area contributed by atoms with Crippen LogP contribution in [0, 0.1) is 0 Å². The van der Waals surface area contributed by atoms with Crippen LogP contribution in [0.4, 0.5) is 0 Å². The highest BCUT2D eigenvalue weighted by atomic mass is 35.5. The number of epoxide rings is 1. The molecule has 0 aromatic heterocycles. The van der Waals surface area contributed by atoms with Crippen LogP contribution in [-0.2, 0) is 4.74 Å². The number of halogens is 1. The van der Waals surface area contributed by atoms with Crippen LogP contribution in [0.1, 0.15) is 11.7 Å². The Kier molecular flexibility index (Phi) is 1.91. The molecule has 1 nitrogen and oxygen atoms in total. The molecule has 1 fully saturated rings. The fraction of sp³-hybridized carbons (Fsp3) is 0.200. The van der Waals surface area contributed by atoms with E-state index in [0.717, 1.165) is 5.02 Å². The Hall–Kier alpha value is -0.790. The van der Waals surface area contributed by atoms with Crippen molar-refractivity contribution >= 4 is 11.6 Å². The van der Waals surface area contributed by atoms with Crippen LogP contribution in [-0.4, -0.2) is 6.10 Å². The molecular weight excluding hydrogens is 172 g/mol. The lowest BCUT2D eigenvalue weighted by molar-refractivity contribution is 0.394. The Morgan fingerprint density at radius 3 is 2.50 bits per heavy atom. The van der Waals surface area contributed by atoms with Gasteiger partial charge in [-0.3, -0.25) is 0 Å². The molecule has 0 radical (unpaired) electrons. The minimum absolute atomic E-state index is 0.200. The topological polar surface area (TPSA) is 12.5 Å². The standard InChI is InChI=1S/C10H9ClO/c1-2-9-10(12-9)7-3-5-8(11)6-4-7/h2-6,9-10H,1H2/t9-,10-/m0/s1. The van der Waals surface area contributed by atoms with Gasteiger partial charge < -0.3 is 4.74 Å². The molecule has 1 aliphatic rings. The molecule has 0 saturated carbocycles. The quantitative estimate of drug-likeness (QED) is 0.504. The number of hydrogen-bond acceptors (Lipinski definition) is 1. The molecule has 0 amide bonds. The lowest BCUT2D eigenvalue weighted by Gasteiger charge is -1.94. The van der Waals surface area contributed by atoms with Gasteiger partial charge in [-0.15, -0.1) is 6.58 Å². The van der Waals surface area contributed by atoms with E-state index in [1.165, 1.54) is 5.56 Å². The van der Waals surface area contributed by atoms with Crippen molar-refractivity contribution in [3.63, 3.8) is 0 Å². The van der Waals surface area contributed by atoms with Crippen molar-refractivity contribution in [2.75, 3.05) is 0 Å². The van der Waals surface area contributed by atoms with Crippen molar-refractivity contribution in [1.82, 2.24) is 0 Å². The van der Waals surface area contributed by atoms with Crippen molar-refractivity contribution in [2.45, 2.75) is 12.2 Å². The van der Waals surface area contributed by atoms with Gasteiger partial charge in [0.2, 0.25) is 0 Å². The highest BCUT2D eigenvalue weighted by Gasteiger charge is 2.37. The fourth-order valence-electron chi connectivity index (χ4n) is 1.22. The summed E-state index contributed by atoms with van der Waals surface area (Å²) in [5.74, 6) is 0. The average Bonchev–Trinajstić information content (AvgIpc) is 2.85. The van der Waals surface area contributed by atoms with Crippen LogP contribution < -0.4 is 0 Å². The molecule has 1 aromatic carbocycles. The Labute approximate surface area is 76.6 Å². The van der Waals surface area contributed by atoms with Crippen molar-refractivity contribution in [2.24, 2.45) is 0 Å². The first-order valence-electron chi connectivity index (χ1n) is 3.85. The van der Waals surface area contributed by atoms with Gasteiger partial charge in [-0.05, 0) is 17.7 Å². The molecule has 62 valence electrons. The predicted octanol–water partition coefficient (Wildman–Crippen LogP) is 2.97. The third-order valence-electron chi connectivity index (χ3n) is 1.96. The van der Waals surface area contributed by atoms with Gasteiger partial charge in [0.05, 0.1) is 0 Å². The van der Waals surface area contributed by atoms with E-state index in [-0.39, 0.29) is 12.2 Å². The summed E-state index contributed by atoms with van der Waals surface area (Å²) in [6.45, 7) is 3.66. The maximum Gasteiger partial charge on any atom is 0.113 e. The second kappa shape index (κ2) is 2.92. The van der Waals surface area contributed by atoms with Crippen molar-refractivity contribution in [3.8, 4) is 0 Å². The smallest absolute Gasteiger partial charge is 0.113 e. The first-order valence-corrected chi connectivity index (χ1v) is 4.22. The summed E-state index contributed by atoms with van der Waals surface area (Å²) in [7, 11) is 0. The summed E-state index contributed by atoms with van der Waals surface area (Å²) in [6, 6.07) is 7.71. The van der Waals surface area contributed by atoms with Gasteiger partial charge in [0.25, 0.3) is 0 Å². The van der Waals surface area contributed by atoms with Gasteiger partial charge in [0.1, 0.15) is 12.2 Å². The van der Waals surface area contributed by atoms with Crippen molar-refractivity contribution in [3.05, 3.63) is 47.5 Å². The molecule has 0 aliphatic carbocycles. The predicted molar refractivity (Wildman–Crippen MR) is 49.3 cm³/mol. The number of rotatable bonds is 2. The highest BCUT2D eigenvalue weighted by Crippen LogP contribution is 2.39. The van der Waals surface area contributed by atoms with E-state index < -0.39 is 0 Å². The molecule has 1 saturated heterocycles. The highest BCUT2D eigenvalue weighted by molar-refractivity contribution is 6.30. The molecule has 0 unspecified atom stereocenters. The number of ether oxygens (including phenoxy) is 1. The zero-order valence-corrected chi connectivity index (χ0v) is 7.29. The summed E-state index contributed by atoms with van der Waals surface area (Å²) >= 11 is 5.75. The average molecular weight is 181 g/mol. The van der Waals surface area contributed by atoms with Crippen LogP contribution in [0.25, 0.3) is 0 Å². The summed E-state index contributed by atoms with van der Waals surface area (Å²) in [6.07, 6.45) is 2.23. The molecule has 2 atom stereocenters. The first-order chi connectivity index (χ1) is 5.81. The van der Waals surface area contributed by atoms with E-state index in [9.17, 15) is 0 Å². The number of benzene rings is 1. The third-order valence-corrected chi connectivity index (χ3v) is 2.21. The SMILES string of the molecule is C=C[C@@H]1O[C@H]1c1ccc(Cl)cc1. The van der Waals surface area contributed by atoms with E-state index in [4.69, 9.17) is 16.3 Å². The first kappa shape index (κ1) is 7.84. The Balaban J connectivity index is 2.15. The van der Waals surface area contributed by atoms with Gasteiger partial charge >= 0.3 is 0 Å². The monoisotopic (exact) mass is 180 g/mol. The fourth-order valence-corrected chi connectivity index (χ4v) is 1.35. The Morgan fingerprint density at radius 1 is 1.33 bits per heavy atom. The molecule has 2 rings (SSSR count). The summed E-state index contributed by atoms with van der Waals surface area (Å²) in [4.78, 5) is 0.